The van der Waals surface area contributed by atoms with Gasteiger partial charge >= 0.3 is 18.1 Å². The van der Waals surface area contributed by atoms with Crippen LogP contribution in [0.2, 0.25) is 0 Å². The van der Waals surface area contributed by atoms with Gasteiger partial charge in [-0.25, -0.2) is 4.79 Å². The molecule has 0 saturated heterocycles. The lowest BCUT2D eigenvalue weighted by atomic mass is 10.0. The van der Waals surface area contributed by atoms with E-state index in [-0.39, 0.29) is 6.42 Å². The van der Waals surface area contributed by atoms with Gasteiger partial charge in [0.05, 0.1) is 7.11 Å². The second kappa shape index (κ2) is 6.55. The van der Waals surface area contributed by atoms with Crippen LogP contribution < -0.4 is 11.1 Å². The van der Waals surface area contributed by atoms with Crippen LogP contribution in [0.4, 0.5) is 13.2 Å². The highest BCUT2D eigenvalue weighted by molar-refractivity contribution is 5.90. The van der Waals surface area contributed by atoms with E-state index in [4.69, 9.17) is 10.8 Å². The van der Waals surface area contributed by atoms with Crippen molar-refractivity contribution in [1.29, 1.82) is 0 Å². The fourth-order valence-corrected chi connectivity index (χ4v) is 1.06. The van der Waals surface area contributed by atoms with Gasteiger partial charge in [0.1, 0.15) is 6.04 Å². The van der Waals surface area contributed by atoms with Crippen molar-refractivity contribution in [3.63, 3.8) is 0 Å². The van der Waals surface area contributed by atoms with Crippen molar-refractivity contribution in [2.24, 2.45) is 5.73 Å². The molecule has 10 heteroatoms. The Kier molecular flexibility index (Phi) is 5.95. The van der Waals surface area contributed by atoms with Crippen molar-refractivity contribution in [1.82, 2.24) is 5.32 Å². The Morgan fingerprint density at radius 3 is 2.20 bits per heavy atom. The molecule has 1 amide bonds. The molecule has 116 valence electrons. The van der Waals surface area contributed by atoms with E-state index in [1.165, 1.54) is 0 Å². The first-order chi connectivity index (χ1) is 8.93. The van der Waals surface area contributed by atoms with Gasteiger partial charge in [-0.15, -0.1) is 0 Å². The van der Waals surface area contributed by atoms with Gasteiger partial charge < -0.3 is 20.9 Å². The van der Waals surface area contributed by atoms with E-state index < -0.39 is 42.0 Å². The number of ether oxygens (including phenoxy) is 1. The van der Waals surface area contributed by atoms with E-state index in [2.05, 4.69) is 4.74 Å². The zero-order valence-corrected chi connectivity index (χ0v) is 10.8. The monoisotopic (exact) mass is 300 g/mol. The van der Waals surface area contributed by atoms with Crippen molar-refractivity contribution >= 4 is 17.8 Å². The molecule has 4 N–H and O–H groups in total. The van der Waals surface area contributed by atoms with E-state index in [0.717, 1.165) is 7.11 Å². The van der Waals surface area contributed by atoms with Crippen molar-refractivity contribution in [2.75, 3.05) is 7.11 Å². The zero-order valence-electron chi connectivity index (χ0n) is 10.8. The molecule has 0 radical (unpaired) electrons. The maximum Gasteiger partial charge on any atom is 0.415 e. The van der Waals surface area contributed by atoms with Crippen LogP contribution in [-0.2, 0) is 19.1 Å². The summed E-state index contributed by atoms with van der Waals surface area (Å²) in [6.07, 6.45) is -5.83. The molecule has 0 rings (SSSR count). The molecule has 0 bridgehead atoms. The number of aliphatic carboxylic acids is 1. The number of nitrogens with one attached hydrogen (secondary N) is 1. The standard InChI is InChI=1S/C10H15F3N2O5/c1-9(14,10(11,12)13)8(19)15-5(7(17)18)3-4-6(16)20-2/h5H,3-4,14H2,1-2H3,(H,15,19)(H,17,18)/t5-,9?/m0/s1. The molecule has 1 unspecified atom stereocenters. The molecule has 0 aromatic rings. The van der Waals surface area contributed by atoms with E-state index >= 15 is 0 Å². The van der Waals surface area contributed by atoms with Gasteiger partial charge in [0, 0.05) is 6.42 Å². The molecule has 0 saturated carbocycles. The smallest absolute Gasteiger partial charge is 0.415 e. The number of hydrogen-bond donors (Lipinski definition) is 3. The Hall–Kier alpha value is -1.84. The summed E-state index contributed by atoms with van der Waals surface area (Å²) < 4.78 is 41.7. The highest BCUT2D eigenvalue weighted by Gasteiger charge is 2.54. The van der Waals surface area contributed by atoms with Gasteiger partial charge in [0.2, 0.25) is 5.91 Å². The quantitative estimate of drug-likeness (QED) is 0.584. The number of hydrogen-bond acceptors (Lipinski definition) is 5. The van der Waals surface area contributed by atoms with Crippen LogP contribution >= 0.6 is 0 Å². The molecule has 20 heavy (non-hydrogen) atoms. The molecular formula is C10H15F3N2O5. The van der Waals surface area contributed by atoms with Crippen LogP contribution in [0.25, 0.3) is 0 Å². The maximum absolute atomic E-state index is 12.5. The first-order valence-electron chi connectivity index (χ1n) is 5.39. The van der Waals surface area contributed by atoms with E-state index in [0.29, 0.717) is 6.92 Å². The Labute approximate surface area is 112 Å². The number of methoxy groups -OCH3 is 1. The highest BCUT2D eigenvalue weighted by atomic mass is 19.4. The van der Waals surface area contributed by atoms with Gasteiger partial charge in [-0.3, -0.25) is 9.59 Å². The summed E-state index contributed by atoms with van der Waals surface area (Å²) in [6.45, 7) is 0.418. The third kappa shape index (κ3) is 4.68. The number of nitrogens with two attached hydrogens (primary N) is 1. The summed E-state index contributed by atoms with van der Waals surface area (Å²) >= 11 is 0. The van der Waals surface area contributed by atoms with Gasteiger partial charge in [0.25, 0.3) is 0 Å². The second-order valence-corrected chi connectivity index (χ2v) is 4.18. The second-order valence-electron chi connectivity index (χ2n) is 4.18. The number of carboxylic acid groups (broad SMARTS) is 1. The van der Waals surface area contributed by atoms with Gasteiger partial charge in [-0.1, -0.05) is 0 Å². The molecule has 0 aromatic carbocycles. The molecule has 0 fully saturated rings. The fourth-order valence-electron chi connectivity index (χ4n) is 1.06. The van der Waals surface area contributed by atoms with Crippen molar-refractivity contribution < 1.29 is 37.4 Å². The summed E-state index contributed by atoms with van der Waals surface area (Å²) in [5, 5.41) is 10.4. The lowest BCUT2D eigenvalue weighted by molar-refractivity contribution is -0.188. The minimum absolute atomic E-state index is 0.374. The van der Waals surface area contributed by atoms with E-state index in [9.17, 15) is 27.6 Å². The molecule has 0 aliphatic carbocycles. The van der Waals surface area contributed by atoms with E-state index in [1.807, 2.05) is 0 Å². The molecule has 2 atom stereocenters. The predicted octanol–water partition coefficient (Wildman–Crippen LogP) is -0.211. The topological polar surface area (TPSA) is 119 Å². The molecule has 0 aromatic heterocycles. The summed E-state index contributed by atoms with van der Waals surface area (Å²) in [5.74, 6) is -4.03. The third-order valence-electron chi connectivity index (χ3n) is 2.53. The van der Waals surface area contributed by atoms with Crippen LogP contribution in [-0.4, -0.2) is 47.8 Å². The van der Waals surface area contributed by atoms with Gasteiger partial charge in [0.15, 0.2) is 5.54 Å². The maximum atomic E-state index is 12.5. The molecule has 7 nitrogen and oxygen atoms in total. The Morgan fingerprint density at radius 2 is 1.85 bits per heavy atom. The van der Waals surface area contributed by atoms with Crippen LogP contribution in [0.1, 0.15) is 19.8 Å². The number of esters is 1. The highest BCUT2D eigenvalue weighted by Crippen LogP contribution is 2.28. The lowest BCUT2D eigenvalue weighted by Crippen LogP contribution is -2.63. The van der Waals surface area contributed by atoms with Gasteiger partial charge in [-0.05, 0) is 13.3 Å². The molecular weight excluding hydrogens is 285 g/mol. The average Bonchev–Trinajstić information content (AvgIpc) is 2.31. The first kappa shape index (κ1) is 18.2. The number of rotatable bonds is 6. The lowest BCUT2D eigenvalue weighted by Gasteiger charge is -2.27. The Balaban J connectivity index is 4.81. The minimum Gasteiger partial charge on any atom is -0.480 e. The number of carboxylic acids is 1. The SMILES string of the molecule is COC(=O)CC[C@H](NC(=O)C(C)(N)C(F)(F)F)C(=O)O. The third-order valence-corrected chi connectivity index (χ3v) is 2.53. The van der Waals surface area contributed by atoms with Crippen molar-refractivity contribution in [3.8, 4) is 0 Å². The zero-order chi connectivity index (χ0) is 16.1. The normalized spacial score (nSPS) is 15.9. The summed E-state index contributed by atoms with van der Waals surface area (Å²) in [5.41, 5.74) is 1.62. The minimum atomic E-state index is -5.04. The summed E-state index contributed by atoms with van der Waals surface area (Å²) in [6, 6.07) is -1.67. The predicted molar refractivity (Wildman–Crippen MR) is 59.5 cm³/mol. The first-order valence-corrected chi connectivity index (χ1v) is 5.39. The van der Waals surface area contributed by atoms with Gasteiger partial charge in [-0.2, -0.15) is 13.2 Å². The number of amides is 1. The van der Waals surface area contributed by atoms with Crippen molar-refractivity contribution in [3.05, 3.63) is 0 Å². The largest absolute Gasteiger partial charge is 0.480 e. The molecule has 0 aliphatic rings. The van der Waals surface area contributed by atoms with Crippen LogP contribution in [0.5, 0.6) is 0 Å². The number of alkyl halides is 3. The summed E-state index contributed by atoms with van der Waals surface area (Å²) in [7, 11) is 1.07. The number of carbonyl (C=O) groups excluding carboxylic acids is 2. The number of carbonyl (C=O) groups is 3. The van der Waals surface area contributed by atoms with Crippen LogP contribution in [0.15, 0.2) is 0 Å². The molecule has 0 heterocycles. The Bertz CT molecular complexity index is 395. The summed E-state index contributed by atoms with van der Waals surface area (Å²) in [4.78, 5) is 33.1. The van der Waals surface area contributed by atoms with Crippen LogP contribution in [0.3, 0.4) is 0 Å². The van der Waals surface area contributed by atoms with Crippen molar-refractivity contribution in [2.45, 2.75) is 37.5 Å². The molecule has 0 aliphatic heterocycles. The average molecular weight is 300 g/mol. The fraction of sp³-hybridized carbons (Fsp3) is 0.700. The molecule has 0 spiro atoms. The Morgan fingerprint density at radius 1 is 1.35 bits per heavy atom. The van der Waals surface area contributed by atoms with E-state index in [1.54, 1.807) is 5.32 Å². The van der Waals surface area contributed by atoms with Crippen LogP contribution in [0, 0.1) is 0 Å². The number of halogens is 3.